The van der Waals surface area contributed by atoms with Gasteiger partial charge in [0.05, 0.1) is 6.61 Å². The van der Waals surface area contributed by atoms with Gasteiger partial charge in [-0.05, 0) is 37.6 Å². The van der Waals surface area contributed by atoms with E-state index in [0.29, 0.717) is 18.0 Å². The van der Waals surface area contributed by atoms with E-state index < -0.39 is 0 Å². The highest BCUT2D eigenvalue weighted by Crippen LogP contribution is 2.20. The maximum atomic E-state index is 9.54. The molecule has 0 bridgehead atoms. The average molecular weight is 286 g/mol. The molecule has 0 spiro atoms. The highest BCUT2D eigenvalue weighted by atomic mass is 16.5. The number of nitrogens with two attached hydrogens (primary N) is 1. The highest BCUT2D eigenvalue weighted by molar-refractivity contribution is 5.50. The Hall–Kier alpha value is -2.36. The van der Waals surface area contributed by atoms with Gasteiger partial charge in [-0.15, -0.1) is 0 Å². The molecule has 0 aliphatic heterocycles. The number of phenolic OH excluding ortho intramolecular Hbond substituents is 1. The zero-order valence-electron chi connectivity index (χ0n) is 12.3. The first kappa shape index (κ1) is 15.0. The van der Waals surface area contributed by atoms with Gasteiger partial charge in [-0.2, -0.15) is 0 Å². The van der Waals surface area contributed by atoms with Gasteiger partial charge in [-0.3, -0.25) is 0 Å². The lowest BCUT2D eigenvalue weighted by atomic mass is 10.2. The number of hydrogen-bond donors (Lipinski definition) is 2. The predicted molar refractivity (Wildman–Crippen MR) is 87.0 cm³/mol. The van der Waals surface area contributed by atoms with Gasteiger partial charge >= 0.3 is 0 Å². The molecule has 4 nitrogen and oxygen atoms in total. The van der Waals surface area contributed by atoms with Crippen LogP contribution in [0, 0.1) is 0 Å². The number of rotatable bonds is 7. The third kappa shape index (κ3) is 4.60. The molecule has 0 aromatic heterocycles. The first-order valence-electron chi connectivity index (χ1n) is 7.21. The summed E-state index contributed by atoms with van der Waals surface area (Å²) in [4.78, 5) is 2.21. The molecule has 112 valence electrons. The molecule has 0 heterocycles. The molecule has 0 fully saturated rings. The van der Waals surface area contributed by atoms with Crippen molar-refractivity contribution in [3.05, 3.63) is 48.5 Å². The fourth-order valence-electron chi connectivity index (χ4n) is 2.21. The maximum Gasteiger partial charge on any atom is 0.121 e. The Morgan fingerprint density at radius 1 is 1.14 bits per heavy atom. The summed E-state index contributed by atoms with van der Waals surface area (Å²) < 4.78 is 5.69. The van der Waals surface area contributed by atoms with Crippen molar-refractivity contribution in [3.63, 3.8) is 0 Å². The van der Waals surface area contributed by atoms with E-state index in [4.69, 9.17) is 10.5 Å². The lowest BCUT2D eigenvalue weighted by molar-refractivity contribution is 0.312. The van der Waals surface area contributed by atoms with Crippen LogP contribution in [0.5, 0.6) is 11.5 Å². The van der Waals surface area contributed by atoms with Gasteiger partial charge < -0.3 is 20.5 Å². The Kier molecular flexibility index (Phi) is 5.32. The van der Waals surface area contributed by atoms with Crippen LogP contribution in [0.4, 0.5) is 11.4 Å². The van der Waals surface area contributed by atoms with Gasteiger partial charge in [0.15, 0.2) is 0 Å². The van der Waals surface area contributed by atoms with Crippen molar-refractivity contribution >= 4 is 11.4 Å². The minimum absolute atomic E-state index is 0.293. The number of nitrogens with zero attached hydrogens (tertiary/aromatic N) is 1. The molecule has 0 saturated heterocycles. The quantitative estimate of drug-likeness (QED) is 0.606. The number of ether oxygens (including phenoxy) is 1. The molecule has 0 unspecified atom stereocenters. The molecule has 2 aromatic carbocycles. The maximum absolute atomic E-state index is 9.54. The monoisotopic (exact) mass is 286 g/mol. The molecule has 3 N–H and O–H groups in total. The van der Waals surface area contributed by atoms with E-state index in [-0.39, 0.29) is 0 Å². The lowest BCUT2D eigenvalue weighted by Gasteiger charge is -2.23. The van der Waals surface area contributed by atoms with Crippen molar-refractivity contribution in [2.75, 3.05) is 30.3 Å². The van der Waals surface area contributed by atoms with Crippen molar-refractivity contribution in [1.29, 1.82) is 0 Å². The molecule has 0 radical (unpaired) electrons. The number of hydrogen-bond acceptors (Lipinski definition) is 4. The fourth-order valence-corrected chi connectivity index (χ4v) is 2.21. The molecule has 0 aliphatic rings. The largest absolute Gasteiger partial charge is 0.508 e. The zero-order chi connectivity index (χ0) is 15.1. The van der Waals surface area contributed by atoms with Gasteiger partial charge in [0.2, 0.25) is 0 Å². The van der Waals surface area contributed by atoms with Crippen molar-refractivity contribution in [2.45, 2.75) is 13.3 Å². The summed E-state index contributed by atoms with van der Waals surface area (Å²) in [5.41, 5.74) is 7.45. The number of nitrogen functional groups attached to an aromatic ring is 1. The molecule has 4 heteroatoms. The van der Waals surface area contributed by atoms with Gasteiger partial charge in [-0.25, -0.2) is 0 Å². The van der Waals surface area contributed by atoms with Crippen LogP contribution in [-0.2, 0) is 0 Å². The van der Waals surface area contributed by atoms with E-state index in [0.717, 1.165) is 30.9 Å². The van der Waals surface area contributed by atoms with Gasteiger partial charge in [-0.1, -0.05) is 12.1 Å². The summed E-state index contributed by atoms with van der Waals surface area (Å²) in [7, 11) is 0. The predicted octanol–water partition coefficient (Wildman–Crippen LogP) is 3.27. The minimum Gasteiger partial charge on any atom is -0.508 e. The molecule has 2 aromatic rings. The van der Waals surface area contributed by atoms with Crippen molar-refractivity contribution in [1.82, 2.24) is 0 Å². The van der Waals surface area contributed by atoms with E-state index >= 15 is 0 Å². The van der Waals surface area contributed by atoms with Gasteiger partial charge in [0, 0.05) is 36.6 Å². The minimum atomic E-state index is 0.293. The molecule has 0 amide bonds. The standard InChI is InChI=1S/C17H22N2O2/c1-2-19(15-7-4-8-16(20)13-15)10-5-11-21-17-9-3-6-14(18)12-17/h3-4,6-9,12-13,20H,2,5,10-11,18H2,1H3. The first-order valence-corrected chi connectivity index (χ1v) is 7.21. The lowest BCUT2D eigenvalue weighted by Crippen LogP contribution is -2.25. The van der Waals surface area contributed by atoms with E-state index in [2.05, 4.69) is 11.8 Å². The SMILES string of the molecule is CCN(CCCOc1cccc(N)c1)c1cccc(O)c1. The van der Waals surface area contributed by atoms with Crippen LogP contribution in [0.15, 0.2) is 48.5 Å². The van der Waals surface area contributed by atoms with Crippen LogP contribution in [0.1, 0.15) is 13.3 Å². The van der Waals surface area contributed by atoms with E-state index in [1.165, 1.54) is 0 Å². The van der Waals surface area contributed by atoms with Crippen LogP contribution in [0.3, 0.4) is 0 Å². The van der Waals surface area contributed by atoms with Crippen molar-refractivity contribution in [2.24, 2.45) is 0 Å². The molecule has 2 rings (SSSR count). The highest BCUT2D eigenvalue weighted by Gasteiger charge is 2.05. The van der Waals surface area contributed by atoms with E-state index in [9.17, 15) is 5.11 Å². The summed E-state index contributed by atoms with van der Waals surface area (Å²) in [5, 5.41) is 9.54. The molecule has 0 saturated carbocycles. The van der Waals surface area contributed by atoms with Gasteiger partial charge in [0.25, 0.3) is 0 Å². The second-order valence-electron chi connectivity index (χ2n) is 4.87. The van der Waals surface area contributed by atoms with Crippen LogP contribution < -0.4 is 15.4 Å². The molecule has 0 atom stereocenters. The van der Waals surface area contributed by atoms with Crippen molar-refractivity contribution < 1.29 is 9.84 Å². The Morgan fingerprint density at radius 2 is 1.95 bits per heavy atom. The van der Waals surface area contributed by atoms with Crippen molar-refractivity contribution in [3.8, 4) is 11.5 Å². The number of aromatic hydroxyl groups is 1. The van der Waals surface area contributed by atoms with Gasteiger partial charge in [0.1, 0.15) is 11.5 Å². The molecular formula is C17H22N2O2. The Labute approximate surface area is 125 Å². The van der Waals surface area contributed by atoms with Crippen LogP contribution in [0.25, 0.3) is 0 Å². The Morgan fingerprint density at radius 3 is 2.67 bits per heavy atom. The number of phenols is 1. The summed E-state index contributed by atoms with van der Waals surface area (Å²) in [6, 6.07) is 14.8. The fraction of sp³-hybridized carbons (Fsp3) is 0.294. The number of benzene rings is 2. The molecule has 21 heavy (non-hydrogen) atoms. The van der Waals surface area contributed by atoms with E-state index in [1.54, 1.807) is 12.1 Å². The second kappa shape index (κ2) is 7.43. The summed E-state index contributed by atoms with van der Waals surface area (Å²) in [6.07, 6.45) is 0.901. The third-order valence-corrected chi connectivity index (χ3v) is 3.28. The topological polar surface area (TPSA) is 58.7 Å². The summed E-state index contributed by atoms with van der Waals surface area (Å²) >= 11 is 0. The second-order valence-corrected chi connectivity index (χ2v) is 4.87. The molecule has 0 aliphatic carbocycles. The smallest absolute Gasteiger partial charge is 0.121 e. The van der Waals surface area contributed by atoms with Crippen LogP contribution in [0.2, 0.25) is 0 Å². The zero-order valence-corrected chi connectivity index (χ0v) is 12.3. The summed E-state index contributed by atoms with van der Waals surface area (Å²) in [6.45, 7) is 4.51. The third-order valence-electron chi connectivity index (χ3n) is 3.28. The van der Waals surface area contributed by atoms with Crippen LogP contribution in [-0.4, -0.2) is 24.8 Å². The normalized spacial score (nSPS) is 10.3. The Balaban J connectivity index is 1.81. The number of anilines is 2. The first-order chi connectivity index (χ1) is 10.2. The Bertz CT molecular complexity index is 572. The average Bonchev–Trinajstić information content (AvgIpc) is 2.47. The van der Waals surface area contributed by atoms with Crippen LogP contribution >= 0.6 is 0 Å². The van der Waals surface area contributed by atoms with E-state index in [1.807, 2.05) is 36.4 Å². The summed E-state index contributed by atoms with van der Waals surface area (Å²) in [5.74, 6) is 1.09. The molecular weight excluding hydrogens is 264 g/mol.